The number of benzene rings is 1. The minimum atomic E-state index is -4.06. The van der Waals surface area contributed by atoms with Crippen LogP contribution in [0.3, 0.4) is 0 Å². The van der Waals surface area contributed by atoms with E-state index in [1.165, 1.54) is 12.5 Å². The Balaban J connectivity index is 1.75. The normalized spacial score (nSPS) is 14.9. The zero-order chi connectivity index (χ0) is 20.9. The molecule has 1 aromatic carbocycles. The lowest BCUT2D eigenvalue weighted by atomic mass is 9.95. The van der Waals surface area contributed by atoms with Crippen molar-refractivity contribution in [1.82, 2.24) is 15.5 Å². The van der Waals surface area contributed by atoms with Crippen LogP contribution in [-0.2, 0) is 14.8 Å². The van der Waals surface area contributed by atoms with Crippen molar-refractivity contribution in [3.8, 4) is 0 Å². The highest BCUT2D eigenvalue weighted by atomic mass is 32.2. The topological polar surface area (TPSA) is 130 Å². The van der Waals surface area contributed by atoms with Gasteiger partial charge in [0.2, 0.25) is 11.0 Å². The van der Waals surface area contributed by atoms with Crippen LogP contribution in [0.15, 0.2) is 28.6 Å². The number of aromatic nitrogens is 2. The van der Waals surface area contributed by atoms with Gasteiger partial charge in [0.15, 0.2) is 0 Å². The standard InChI is InChI=1S/C18H23N5O4S2/c1-2-15(24)20-17-21-22-18(28-17)29(26,27)23-14-11-7-6-10-13(14)16(25)19-12-8-4-3-5-9-12/h6-7,10-12,23H,2-5,8-9H2,1H3,(H,19,25)(H,20,21,24). The summed E-state index contributed by atoms with van der Waals surface area (Å²) >= 11 is 0.740. The molecule has 3 N–H and O–H groups in total. The van der Waals surface area contributed by atoms with E-state index in [4.69, 9.17) is 0 Å². The van der Waals surface area contributed by atoms with Gasteiger partial charge in [-0.25, -0.2) is 0 Å². The van der Waals surface area contributed by atoms with Crippen molar-refractivity contribution in [1.29, 1.82) is 0 Å². The van der Waals surface area contributed by atoms with Gasteiger partial charge in [-0.3, -0.25) is 14.3 Å². The Morgan fingerprint density at radius 2 is 1.86 bits per heavy atom. The van der Waals surface area contributed by atoms with Gasteiger partial charge in [0, 0.05) is 12.5 Å². The van der Waals surface area contributed by atoms with Crippen molar-refractivity contribution in [3.63, 3.8) is 0 Å². The summed E-state index contributed by atoms with van der Waals surface area (Å²) in [7, 11) is -4.06. The molecule has 9 nitrogen and oxygen atoms in total. The molecule has 1 saturated carbocycles. The van der Waals surface area contributed by atoms with Crippen molar-refractivity contribution in [2.75, 3.05) is 10.0 Å². The van der Waals surface area contributed by atoms with E-state index in [-0.39, 0.29) is 45.0 Å². The van der Waals surface area contributed by atoms with Gasteiger partial charge < -0.3 is 10.6 Å². The summed E-state index contributed by atoms with van der Waals surface area (Å²) in [6, 6.07) is 6.52. The van der Waals surface area contributed by atoms with Crippen LogP contribution in [-0.4, -0.2) is 36.5 Å². The minimum absolute atomic E-state index is 0.0977. The smallest absolute Gasteiger partial charge is 0.291 e. The van der Waals surface area contributed by atoms with Crippen molar-refractivity contribution in [2.24, 2.45) is 0 Å². The van der Waals surface area contributed by atoms with Gasteiger partial charge in [-0.1, -0.05) is 49.7 Å². The summed E-state index contributed by atoms with van der Waals surface area (Å²) in [6.07, 6.45) is 5.42. The summed E-state index contributed by atoms with van der Waals surface area (Å²) in [6.45, 7) is 1.67. The van der Waals surface area contributed by atoms with Crippen LogP contribution >= 0.6 is 11.3 Å². The van der Waals surface area contributed by atoms with E-state index in [0.29, 0.717) is 0 Å². The predicted octanol–water partition coefficient (Wildman–Crippen LogP) is 2.75. The predicted molar refractivity (Wildman–Crippen MR) is 110 cm³/mol. The van der Waals surface area contributed by atoms with Gasteiger partial charge >= 0.3 is 0 Å². The van der Waals surface area contributed by atoms with Crippen LogP contribution in [0.25, 0.3) is 0 Å². The second-order valence-electron chi connectivity index (χ2n) is 6.73. The lowest BCUT2D eigenvalue weighted by Crippen LogP contribution is -2.36. The van der Waals surface area contributed by atoms with E-state index in [1.54, 1.807) is 25.1 Å². The molecule has 1 heterocycles. The van der Waals surface area contributed by atoms with Gasteiger partial charge in [-0.2, -0.15) is 8.42 Å². The Bertz CT molecular complexity index is 984. The number of sulfonamides is 1. The highest BCUT2D eigenvalue weighted by molar-refractivity contribution is 7.94. The van der Waals surface area contributed by atoms with Crippen LogP contribution in [0.4, 0.5) is 10.8 Å². The molecule has 1 aliphatic carbocycles. The Labute approximate surface area is 173 Å². The number of rotatable bonds is 7. The van der Waals surface area contributed by atoms with E-state index in [9.17, 15) is 18.0 Å². The molecule has 3 rings (SSSR count). The number of anilines is 2. The molecule has 1 aliphatic rings. The van der Waals surface area contributed by atoms with Crippen molar-refractivity contribution in [2.45, 2.75) is 55.8 Å². The fourth-order valence-electron chi connectivity index (χ4n) is 3.05. The molecule has 2 amide bonds. The average Bonchev–Trinajstić information content (AvgIpc) is 3.18. The van der Waals surface area contributed by atoms with Crippen LogP contribution < -0.4 is 15.4 Å². The Morgan fingerprint density at radius 1 is 1.14 bits per heavy atom. The van der Waals surface area contributed by atoms with Gasteiger partial charge in [0.25, 0.3) is 20.3 Å². The van der Waals surface area contributed by atoms with E-state index in [1.807, 2.05) is 0 Å². The summed E-state index contributed by atoms with van der Waals surface area (Å²) in [5.41, 5.74) is 0.404. The first-order valence-electron chi connectivity index (χ1n) is 9.45. The second-order valence-corrected chi connectivity index (χ2v) is 9.57. The van der Waals surface area contributed by atoms with E-state index < -0.39 is 10.0 Å². The summed E-state index contributed by atoms with van der Waals surface area (Å²) in [5, 5.41) is 12.9. The highest BCUT2D eigenvalue weighted by Gasteiger charge is 2.24. The van der Waals surface area contributed by atoms with Crippen molar-refractivity contribution in [3.05, 3.63) is 29.8 Å². The first-order valence-corrected chi connectivity index (χ1v) is 11.7. The highest BCUT2D eigenvalue weighted by Crippen LogP contribution is 2.25. The van der Waals surface area contributed by atoms with Crippen molar-refractivity contribution < 1.29 is 18.0 Å². The molecule has 0 bridgehead atoms. The summed E-state index contributed by atoms with van der Waals surface area (Å²) in [4.78, 5) is 24.1. The van der Waals surface area contributed by atoms with Gasteiger partial charge in [0.1, 0.15) is 0 Å². The lowest BCUT2D eigenvalue weighted by molar-refractivity contribution is -0.115. The third kappa shape index (κ3) is 5.51. The molecule has 0 spiro atoms. The fourth-order valence-corrected chi connectivity index (χ4v) is 5.04. The molecule has 11 heteroatoms. The lowest BCUT2D eigenvalue weighted by Gasteiger charge is -2.23. The van der Waals surface area contributed by atoms with Crippen LogP contribution in [0.2, 0.25) is 0 Å². The third-order valence-corrected chi connectivity index (χ3v) is 7.13. The SMILES string of the molecule is CCC(=O)Nc1nnc(S(=O)(=O)Nc2ccccc2C(=O)NC2CCCCC2)s1. The van der Waals surface area contributed by atoms with E-state index >= 15 is 0 Å². The molecule has 1 aromatic heterocycles. The molecule has 0 saturated heterocycles. The maximum absolute atomic E-state index is 12.7. The second kappa shape index (κ2) is 9.31. The largest absolute Gasteiger partial charge is 0.349 e. The van der Waals surface area contributed by atoms with Gasteiger partial charge in [-0.15, -0.1) is 10.2 Å². The average molecular weight is 438 g/mol. The summed E-state index contributed by atoms with van der Waals surface area (Å²) < 4.78 is 27.5. The zero-order valence-electron chi connectivity index (χ0n) is 16.0. The molecular formula is C18H23N5O4S2. The molecule has 0 unspecified atom stereocenters. The number of hydrogen-bond donors (Lipinski definition) is 3. The maximum atomic E-state index is 12.7. The zero-order valence-corrected chi connectivity index (χ0v) is 17.6. The number of para-hydroxylation sites is 1. The first kappa shape index (κ1) is 21.2. The minimum Gasteiger partial charge on any atom is -0.349 e. The van der Waals surface area contributed by atoms with Crippen molar-refractivity contribution >= 4 is 44.0 Å². The number of hydrogen-bond acceptors (Lipinski definition) is 7. The van der Waals surface area contributed by atoms with E-state index in [2.05, 4.69) is 25.6 Å². The Hall–Kier alpha value is -2.53. The molecular weight excluding hydrogens is 414 g/mol. The fraction of sp³-hybridized carbons (Fsp3) is 0.444. The Kier molecular flexibility index (Phi) is 6.80. The van der Waals surface area contributed by atoms with Crippen LogP contribution in [0, 0.1) is 0 Å². The molecule has 29 heavy (non-hydrogen) atoms. The maximum Gasteiger partial charge on any atom is 0.291 e. The van der Waals surface area contributed by atoms with Crippen LogP contribution in [0.5, 0.6) is 0 Å². The molecule has 2 aromatic rings. The number of amides is 2. The number of nitrogens with one attached hydrogen (secondary N) is 3. The monoisotopic (exact) mass is 437 g/mol. The van der Waals surface area contributed by atoms with Crippen LogP contribution in [0.1, 0.15) is 55.8 Å². The third-order valence-electron chi connectivity index (χ3n) is 4.56. The van der Waals surface area contributed by atoms with Gasteiger partial charge in [-0.05, 0) is 25.0 Å². The van der Waals surface area contributed by atoms with Gasteiger partial charge in [0.05, 0.1) is 11.3 Å². The number of carbonyl (C=O) groups is 2. The molecule has 0 atom stereocenters. The van der Waals surface area contributed by atoms with E-state index in [0.717, 1.165) is 37.0 Å². The molecule has 156 valence electrons. The molecule has 0 aliphatic heterocycles. The quantitative estimate of drug-likeness (QED) is 0.571. The first-order chi connectivity index (χ1) is 13.9. The number of nitrogens with zero attached hydrogens (tertiary/aromatic N) is 2. The Morgan fingerprint density at radius 3 is 2.59 bits per heavy atom. The molecule has 1 fully saturated rings. The summed E-state index contributed by atoms with van der Waals surface area (Å²) in [5.74, 6) is -0.605. The number of carbonyl (C=O) groups excluding carboxylic acids is 2. The molecule has 0 radical (unpaired) electrons.